The summed E-state index contributed by atoms with van der Waals surface area (Å²) >= 11 is 7.92. The lowest BCUT2D eigenvalue weighted by Gasteiger charge is -2.40. The second kappa shape index (κ2) is 5.30. The maximum Gasteiger partial charge on any atom is 0.172 e. The molecule has 2 aliphatic heterocycles. The number of fused-ring (bicyclic) bond motifs is 3. The molecular formula is C17H17ClN2OS. The Morgan fingerprint density at radius 1 is 1.32 bits per heavy atom. The molecule has 3 nitrogen and oxygen atoms in total. The molecule has 2 aliphatic rings. The molecule has 0 amide bonds. The average molecular weight is 333 g/mol. The summed E-state index contributed by atoms with van der Waals surface area (Å²) in [5, 5.41) is 5.03. The fraction of sp³-hybridized carbons (Fsp3) is 0.294. The maximum absolute atomic E-state index is 6.20. The Morgan fingerprint density at radius 2 is 2.18 bits per heavy atom. The summed E-state index contributed by atoms with van der Waals surface area (Å²) in [5.74, 6) is 1.30. The normalized spacial score (nSPS) is 23.5. The van der Waals surface area contributed by atoms with E-state index >= 15 is 0 Å². The maximum atomic E-state index is 6.20. The number of hydrazine groups is 1. The van der Waals surface area contributed by atoms with Gasteiger partial charge in [0.1, 0.15) is 5.75 Å². The van der Waals surface area contributed by atoms with Crippen LogP contribution in [-0.2, 0) is 0 Å². The first-order valence-corrected chi connectivity index (χ1v) is 8.66. The molecule has 2 unspecified atom stereocenters. The first-order chi connectivity index (χ1) is 10.6. The van der Waals surface area contributed by atoms with Gasteiger partial charge in [0.2, 0.25) is 0 Å². The van der Waals surface area contributed by atoms with Crippen LogP contribution >= 0.6 is 22.9 Å². The van der Waals surface area contributed by atoms with Crippen molar-refractivity contribution in [1.29, 1.82) is 0 Å². The highest BCUT2D eigenvalue weighted by Crippen LogP contribution is 2.44. The zero-order valence-electron chi connectivity index (χ0n) is 12.4. The topological polar surface area (TPSA) is 24.5 Å². The molecule has 22 heavy (non-hydrogen) atoms. The molecule has 0 bridgehead atoms. The summed E-state index contributed by atoms with van der Waals surface area (Å²) in [6.45, 7) is 4.35. The van der Waals surface area contributed by atoms with Crippen LogP contribution in [0.25, 0.3) is 5.70 Å². The van der Waals surface area contributed by atoms with Gasteiger partial charge in [0.25, 0.3) is 0 Å². The second-order valence-electron chi connectivity index (χ2n) is 5.96. The van der Waals surface area contributed by atoms with E-state index < -0.39 is 0 Å². The Bertz CT molecular complexity index is 726. The molecule has 1 aromatic heterocycles. The molecule has 5 heteroatoms. The number of ether oxygens (including phenoxy) is 1. The zero-order valence-corrected chi connectivity index (χ0v) is 14.0. The molecule has 3 heterocycles. The van der Waals surface area contributed by atoms with Crippen molar-refractivity contribution in [2.24, 2.45) is 5.92 Å². The molecule has 2 aromatic rings. The lowest BCUT2D eigenvalue weighted by molar-refractivity contribution is -0.0583. The lowest BCUT2D eigenvalue weighted by atomic mass is 10.0. The summed E-state index contributed by atoms with van der Waals surface area (Å²) in [7, 11) is 0. The van der Waals surface area contributed by atoms with E-state index in [4.69, 9.17) is 16.3 Å². The quantitative estimate of drug-likeness (QED) is 0.864. The molecule has 0 saturated heterocycles. The van der Waals surface area contributed by atoms with Crippen LogP contribution in [0.3, 0.4) is 0 Å². The van der Waals surface area contributed by atoms with Gasteiger partial charge in [-0.05, 0) is 35.7 Å². The lowest BCUT2D eigenvalue weighted by Crippen LogP contribution is -2.51. The molecule has 1 N–H and O–H groups in total. The Morgan fingerprint density at radius 3 is 2.91 bits per heavy atom. The highest BCUT2D eigenvalue weighted by molar-refractivity contribution is 7.11. The van der Waals surface area contributed by atoms with Gasteiger partial charge in [0.05, 0.1) is 16.6 Å². The van der Waals surface area contributed by atoms with Crippen molar-refractivity contribution >= 4 is 28.6 Å². The van der Waals surface area contributed by atoms with E-state index in [0.717, 1.165) is 22.0 Å². The monoisotopic (exact) mass is 332 g/mol. The third-order valence-corrected chi connectivity index (χ3v) is 5.18. The number of nitrogens with zero attached hydrogens (tertiary/aromatic N) is 1. The molecular weight excluding hydrogens is 316 g/mol. The fourth-order valence-electron chi connectivity index (χ4n) is 3.02. The van der Waals surface area contributed by atoms with Gasteiger partial charge < -0.3 is 10.2 Å². The third-order valence-electron chi connectivity index (χ3n) is 4.04. The van der Waals surface area contributed by atoms with Gasteiger partial charge in [0, 0.05) is 16.5 Å². The SMILES string of the molecule is CC(C)C1Oc2ccc(Cl)cc2C2C=C(c3cccs3)NN21. The summed E-state index contributed by atoms with van der Waals surface area (Å²) in [4.78, 5) is 1.24. The van der Waals surface area contributed by atoms with E-state index in [1.807, 2.05) is 18.2 Å². The molecule has 0 fully saturated rings. The van der Waals surface area contributed by atoms with Gasteiger partial charge in [-0.1, -0.05) is 31.5 Å². The Labute approximate surface area is 139 Å². The summed E-state index contributed by atoms with van der Waals surface area (Å²) in [6.07, 6.45) is 2.26. The van der Waals surface area contributed by atoms with Crippen LogP contribution in [0, 0.1) is 5.92 Å². The van der Waals surface area contributed by atoms with Crippen molar-refractivity contribution in [3.63, 3.8) is 0 Å². The van der Waals surface area contributed by atoms with Crippen LogP contribution in [0.15, 0.2) is 41.8 Å². The second-order valence-corrected chi connectivity index (χ2v) is 7.34. The predicted octanol–water partition coefficient (Wildman–Crippen LogP) is 4.68. The molecule has 0 spiro atoms. The van der Waals surface area contributed by atoms with Gasteiger partial charge >= 0.3 is 0 Å². The van der Waals surface area contributed by atoms with Crippen LogP contribution in [0.2, 0.25) is 5.02 Å². The van der Waals surface area contributed by atoms with Crippen molar-refractivity contribution < 1.29 is 4.74 Å². The summed E-state index contributed by atoms with van der Waals surface area (Å²) in [5.41, 5.74) is 5.78. The Balaban J connectivity index is 1.79. The first kappa shape index (κ1) is 14.1. The van der Waals surface area contributed by atoms with E-state index in [2.05, 4.69) is 47.9 Å². The number of rotatable bonds is 2. The van der Waals surface area contributed by atoms with Crippen LogP contribution in [0.5, 0.6) is 5.75 Å². The number of benzene rings is 1. The van der Waals surface area contributed by atoms with Crippen molar-refractivity contribution in [3.8, 4) is 5.75 Å². The third kappa shape index (κ3) is 2.22. The summed E-state index contributed by atoms with van der Waals surface area (Å²) < 4.78 is 6.20. The van der Waals surface area contributed by atoms with Crippen molar-refractivity contribution in [2.75, 3.05) is 0 Å². The van der Waals surface area contributed by atoms with E-state index in [1.165, 1.54) is 4.88 Å². The highest BCUT2D eigenvalue weighted by atomic mass is 35.5. The van der Waals surface area contributed by atoms with E-state index in [-0.39, 0.29) is 12.3 Å². The van der Waals surface area contributed by atoms with Crippen molar-refractivity contribution in [1.82, 2.24) is 10.4 Å². The van der Waals surface area contributed by atoms with E-state index in [1.54, 1.807) is 11.3 Å². The summed E-state index contributed by atoms with van der Waals surface area (Å²) in [6, 6.07) is 10.2. The Hall–Kier alpha value is -1.49. The molecule has 0 saturated carbocycles. The minimum absolute atomic E-state index is 0.00705. The van der Waals surface area contributed by atoms with Crippen LogP contribution in [-0.4, -0.2) is 11.2 Å². The van der Waals surface area contributed by atoms with Crippen LogP contribution in [0.4, 0.5) is 0 Å². The molecule has 0 radical (unpaired) electrons. The molecule has 1 aromatic carbocycles. The largest absolute Gasteiger partial charge is 0.473 e. The molecule has 114 valence electrons. The van der Waals surface area contributed by atoms with Crippen LogP contribution < -0.4 is 10.2 Å². The number of nitrogens with one attached hydrogen (secondary N) is 1. The van der Waals surface area contributed by atoms with Crippen molar-refractivity contribution in [2.45, 2.75) is 26.1 Å². The minimum Gasteiger partial charge on any atom is -0.473 e. The first-order valence-electron chi connectivity index (χ1n) is 7.40. The number of halogens is 1. The smallest absolute Gasteiger partial charge is 0.172 e. The zero-order chi connectivity index (χ0) is 15.3. The van der Waals surface area contributed by atoms with Crippen molar-refractivity contribution in [3.05, 3.63) is 57.3 Å². The van der Waals surface area contributed by atoms with Gasteiger partial charge in [-0.3, -0.25) is 0 Å². The fourth-order valence-corrected chi connectivity index (χ4v) is 3.90. The van der Waals surface area contributed by atoms with Gasteiger partial charge in [-0.2, -0.15) is 5.01 Å². The average Bonchev–Trinajstić information content (AvgIpc) is 3.15. The molecule has 2 atom stereocenters. The van der Waals surface area contributed by atoms with Crippen LogP contribution in [0.1, 0.15) is 30.3 Å². The molecule has 4 rings (SSSR count). The molecule has 0 aliphatic carbocycles. The standard InChI is InChI=1S/C17H17ClN2OS/c1-10(2)17-20-14(9-13(19-20)16-4-3-7-22-16)12-8-11(18)5-6-15(12)21-17/h3-10,14,17,19H,1-2H3. The predicted molar refractivity (Wildman–Crippen MR) is 90.7 cm³/mol. The van der Waals surface area contributed by atoms with Gasteiger partial charge in [0.15, 0.2) is 6.23 Å². The highest BCUT2D eigenvalue weighted by Gasteiger charge is 2.40. The Kier molecular flexibility index (Phi) is 3.40. The number of hydrogen-bond donors (Lipinski definition) is 1. The van der Waals surface area contributed by atoms with Gasteiger partial charge in [-0.15, -0.1) is 11.3 Å². The number of thiophene rings is 1. The van der Waals surface area contributed by atoms with Gasteiger partial charge in [-0.25, -0.2) is 0 Å². The minimum atomic E-state index is -0.00705. The van der Waals surface area contributed by atoms with E-state index in [9.17, 15) is 0 Å². The number of hydrogen-bond acceptors (Lipinski definition) is 4. The van der Waals surface area contributed by atoms with E-state index in [0.29, 0.717) is 5.92 Å².